The van der Waals surface area contributed by atoms with Crippen LogP contribution >= 0.6 is 0 Å². The number of alkyl halides is 3. The van der Waals surface area contributed by atoms with E-state index in [9.17, 15) is 18.3 Å². The largest absolute Gasteiger partial charge is 0.433 e. The molecule has 0 aliphatic heterocycles. The molecule has 112 valence electrons. The Bertz CT molecular complexity index is 620. The van der Waals surface area contributed by atoms with E-state index in [2.05, 4.69) is 4.98 Å². The zero-order valence-corrected chi connectivity index (χ0v) is 11.8. The van der Waals surface area contributed by atoms with E-state index < -0.39 is 18.0 Å². The molecular weight excluding hydrogens is 279 g/mol. The predicted octanol–water partition coefficient (Wildman–Crippen LogP) is 4.52. The van der Waals surface area contributed by atoms with E-state index in [1.54, 1.807) is 19.1 Å². The number of nitrogens with zero attached hydrogens (tertiary/aromatic N) is 1. The lowest BCUT2D eigenvalue weighted by atomic mass is 10.0. The summed E-state index contributed by atoms with van der Waals surface area (Å²) >= 11 is 0. The summed E-state index contributed by atoms with van der Waals surface area (Å²) in [6, 6.07) is 9.91. The molecule has 0 amide bonds. The van der Waals surface area contributed by atoms with Crippen molar-refractivity contribution in [3.63, 3.8) is 0 Å². The fourth-order valence-corrected chi connectivity index (χ4v) is 2.07. The molecular formula is C16H16F3NO. The summed E-state index contributed by atoms with van der Waals surface area (Å²) in [5.74, 6) is 0. The maximum Gasteiger partial charge on any atom is 0.433 e. The monoisotopic (exact) mass is 295 g/mol. The van der Waals surface area contributed by atoms with Crippen molar-refractivity contribution in [1.29, 1.82) is 0 Å². The number of rotatable bonds is 3. The van der Waals surface area contributed by atoms with Crippen molar-refractivity contribution in [1.82, 2.24) is 4.98 Å². The van der Waals surface area contributed by atoms with Crippen LogP contribution in [0.4, 0.5) is 13.2 Å². The highest BCUT2D eigenvalue weighted by molar-refractivity contribution is 5.60. The summed E-state index contributed by atoms with van der Waals surface area (Å²) in [4.78, 5) is 3.73. The molecule has 0 aliphatic rings. The summed E-state index contributed by atoms with van der Waals surface area (Å²) in [6.45, 7) is 3.53. The van der Waals surface area contributed by atoms with Crippen LogP contribution in [0.2, 0.25) is 0 Å². The Kier molecular flexibility index (Phi) is 4.32. The van der Waals surface area contributed by atoms with E-state index >= 15 is 0 Å². The molecule has 0 spiro atoms. The number of hydrogen-bond acceptors (Lipinski definition) is 2. The summed E-state index contributed by atoms with van der Waals surface area (Å²) in [5.41, 5.74) is 0.682. The van der Waals surface area contributed by atoms with Gasteiger partial charge in [0.25, 0.3) is 0 Å². The number of aliphatic hydroxyl groups is 1. The molecule has 2 aromatic rings. The SMILES string of the molecule is CC[C@@H](O)c1ccc(-c2ccc(C)cc2)nc1C(F)(F)F. The highest BCUT2D eigenvalue weighted by Crippen LogP contribution is 2.35. The summed E-state index contributed by atoms with van der Waals surface area (Å²) < 4.78 is 39.4. The van der Waals surface area contributed by atoms with Crippen LogP contribution in [0.25, 0.3) is 11.3 Å². The van der Waals surface area contributed by atoms with Crippen LogP contribution < -0.4 is 0 Å². The Morgan fingerprint density at radius 3 is 2.24 bits per heavy atom. The van der Waals surface area contributed by atoms with Gasteiger partial charge in [0.2, 0.25) is 0 Å². The molecule has 1 aromatic carbocycles. The van der Waals surface area contributed by atoms with Gasteiger partial charge in [-0.15, -0.1) is 0 Å². The smallest absolute Gasteiger partial charge is 0.388 e. The number of aliphatic hydroxyl groups excluding tert-OH is 1. The Morgan fingerprint density at radius 1 is 1.10 bits per heavy atom. The van der Waals surface area contributed by atoms with Crippen LogP contribution in [0.1, 0.15) is 36.3 Å². The second-order valence-electron chi connectivity index (χ2n) is 4.92. The van der Waals surface area contributed by atoms with Crippen molar-refractivity contribution in [3.8, 4) is 11.3 Å². The van der Waals surface area contributed by atoms with Gasteiger partial charge in [-0.3, -0.25) is 0 Å². The Morgan fingerprint density at radius 2 is 1.71 bits per heavy atom. The van der Waals surface area contributed by atoms with E-state index in [-0.39, 0.29) is 17.7 Å². The first-order valence-electron chi connectivity index (χ1n) is 6.66. The number of hydrogen-bond donors (Lipinski definition) is 1. The van der Waals surface area contributed by atoms with E-state index in [0.29, 0.717) is 5.56 Å². The van der Waals surface area contributed by atoms with E-state index in [1.807, 2.05) is 19.1 Å². The van der Waals surface area contributed by atoms with Gasteiger partial charge < -0.3 is 5.11 Å². The summed E-state index contributed by atoms with van der Waals surface area (Å²) in [7, 11) is 0. The maximum atomic E-state index is 13.1. The van der Waals surface area contributed by atoms with Crippen molar-refractivity contribution in [2.24, 2.45) is 0 Å². The Balaban J connectivity index is 2.54. The average Bonchev–Trinajstić information content (AvgIpc) is 2.46. The van der Waals surface area contributed by atoms with Crippen LogP contribution in [0.15, 0.2) is 36.4 Å². The standard InChI is InChI=1S/C16H16F3NO/c1-3-14(21)12-8-9-13(20-15(12)16(17,18)19)11-6-4-10(2)5-7-11/h4-9,14,21H,3H2,1-2H3/t14-/m1/s1. The quantitative estimate of drug-likeness (QED) is 0.903. The minimum Gasteiger partial charge on any atom is -0.388 e. The van der Waals surface area contributed by atoms with Crippen LogP contribution in [-0.2, 0) is 6.18 Å². The first kappa shape index (κ1) is 15.5. The third-order valence-electron chi connectivity index (χ3n) is 3.29. The number of halogens is 3. The molecule has 21 heavy (non-hydrogen) atoms. The van der Waals surface area contributed by atoms with Crippen LogP contribution in [0, 0.1) is 6.92 Å². The van der Waals surface area contributed by atoms with E-state index in [1.165, 1.54) is 12.1 Å². The minimum atomic E-state index is -4.59. The first-order chi connectivity index (χ1) is 9.82. The van der Waals surface area contributed by atoms with Crippen molar-refractivity contribution in [2.45, 2.75) is 32.5 Å². The molecule has 0 aliphatic carbocycles. The molecule has 1 heterocycles. The van der Waals surface area contributed by atoms with Gasteiger partial charge in [0.1, 0.15) is 0 Å². The minimum absolute atomic E-state index is 0.180. The van der Waals surface area contributed by atoms with Crippen molar-refractivity contribution in [2.75, 3.05) is 0 Å². The molecule has 0 fully saturated rings. The van der Waals surface area contributed by atoms with Gasteiger partial charge in [-0.1, -0.05) is 42.8 Å². The first-order valence-corrected chi connectivity index (χ1v) is 6.66. The van der Waals surface area contributed by atoms with Crippen molar-refractivity contribution >= 4 is 0 Å². The zero-order chi connectivity index (χ0) is 15.6. The summed E-state index contributed by atoms with van der Waals surface area (Å²) in [6.07, 6.45) is -5.55. The second-order valence-corrected chi connectivity index (χ2v) is 4.92. The van der Waals surface area contributed by atoms with Crippen LogP contribution in [0.3, 0.4) is 0 Å². The molecule has 2 rings (SSSR count). The molecule has 1 N–H and O–H groups in total. The Labute approximate surface area is 121 Å². The average molecular weight is 295 g/mol. The number of aromatic nitrogens is 1. The van der Waals surface area contributed by atoms with Gasteiger partial charge in [-0.2, -0.15) is 13.2 Å². The topological polar surface area (TPSA) is 33.1 Å². The molecule has 1 atom stereocenters. The molecule has 0 unspecified atom stereocenters. The Hall–Kier alpha value is -1.88. The summed E-state index contributed by atoms with van der Waals surface area (Å²) in [5, 5.41) is 9.73. The lowest BCUT2D eigenvalue weighted by Gasteiger charge is -2.16. The molecule has 1 aromatic heterocycles. The fourth-order valence-electron chi connectivity index (χ4n) is 2.07. The fraction of sp³-hybridized carbons (Fsp3) is 0.312. The molecule has 0 radical (unpaired) electrons. The number of benzene rings is 1. The second kappa shape index (κ2) is 5.85. The van der Waals surface area contributed by atoms with Gasteiger partial charge in [0, 0.05) is 11.1 Å². The van der Waals surface area contributed by atoms with Gasteiger partial charge in [-0.25, -0.2) is 4.98 Å². The van der Waals surface area contributed by atoms with Gasteiger partial charge in [0.05, 0.1) is 11.8 Å². The maximum absolute atomic E-state index is 13.1. The molecule has 0 bridgehead atoms. The van der Waals surface area contributed by atoms with Gasteiger partial charge in [0.15, 0.2) is 5.69 Å². The van der Waals surface area contributed by atoms with Gasteiger partial charge >= 0.3 is 6.18 Å². The molecule has 0 saturated heterocycles. The highest BCUT2D eigenvalue weighted by atomic mass is 19.4. The van der Waals surface area contributed by atoms with Crippen molar-refractivity contribution in [3.05, 3.63) is 53.2 Å². The number of pyridine rings is 1. The lowest BCUT2D eigenvalue weighted by molar-refractivity contribution is -0.142. The lowest BCUT2D eigenvalue weighted by Crippen LogP contribution is -2.15. The van der Waals surface area contributed by atoms with Crippen LogP contribution in [-0.4, -0.2) is 10.1 Å². The molecule has 2 nitrogen and oxygen atoms in total. The predicted molar refractivity (Wildman–Crippen MR) is 74.7 cm³/mol. The molecule has 0 saturated carbocycles. The third-order valence-corrected chi connectivity index (χ3v) is 3.29. The third kappa shape index (κ3) is 3.42. The highest BCUT2D eigenvalue weighted by Gasteiger charge is 2.37. The van der Waals surface area contributed by atoms with Crippen LogP contribution in [0.5, 0.6) is 0 Å². The van der Waals surface area contributed by atoms with Gasteiger partial charge in [-0.05, 0) is 19.4 Å². The number of aryl methyl sites for hydroxylation is 1. The van der Waals surface area contributed by atoms with E-state index in [4.69, 9.17) is 0 Å². The zero-order valence-electron chi connectivity index (χ0n) is 11.8. The normalized spacial score (nSPS) is 13.2. The van der Waals surface area contributed by atoms with E-state index in [0.717, 1.165) is 5.56 Å². The molecule has 5 heteroatoms. The van der Waals surface area contributed by atoms with Crippen molar-refractivity contribution < 1.29 is 18.3 Å².